The SMILES string of the molecule is COCCNC(=O)c1cnc(Nc2ccc(N3CCCCC3)cc2)nc1. The van der Waals surface area contributed by atoms with E-state index in [1.165, 1.54) is 37.3 Å². The van der Waals surface area contributed by atoms with Crippen LogP contribution in [0, 0.1) is 0 Å². The van der Waals surface area contributed by atoms with Crippen molar-refractivity contribution in [1.29, 1.82) is 0 Å². The van der Waals surface area contributed by atoms with Crippen LogP contribution in [0.5, 0.6) is 0 Å². The van der Waals surface area contributed by atoms with Gasteiger partial charge in [-0.1, -0.05) is 0 Å². The lowest BCUT2D eigenvalue weighted by molar-refractivity contribution is 0.0936. The van der Waals surface area contributed by atoms with Crippen molar-refractivity contribution >= 4 is 23.2 Å². The Morgan fingerprint density at radius 1 is 1.12 bits per heavy atom. The molecule has 0 unspecified atom stereocenters. The minimum Gasteiger partial charge on any atom is -0.383 e. The molecule has 1 saturated heterocycles. The molecule has 2 heterocycles. The predicted molar refractivity (Wildman–Crippen MR) is 102 cm³/mol. The second-order valence-corrected chi connectivity index (χ2v) is 6.26. The monoisotopic (exact) mass is 355 g/mol. The van der Waals surface area contributed by atoms with Crippen LogP contribution < -0.4 is 15.5 Å². The number of anilines is 3. The number of carbonyl (C=O) groups is 1. The van der Waals surface area contributed by atoms with E-state index in [9.17, 15) is 4.79 Å². The van der Waals surface area contributed by atoms with Gasteiger partial charge < -0.3 is 20.3 Å². The lowest BCUT2D eigenvalue weighted by atomic mass is 10.1. The molecule has 0 aliphatic carbocycles. The Morgan fingerprint density at radius 3 is 2.46 bits per heavy atom. The van der Waals surface area contributed by atoms with Crippen molar-refractivity contribution in [2.45, 2.75) is 19.3 Å². The first-order valence-corrected chi connectivity index (χ1v) is 8.97. The molecule has 0 spiro atoms. The fourth-order valence-corrected chi connectivity index (χ4v) is 2.92. The number of hydrogen-bond donors (Lipinski definition) is 2. The third kappa shape index (κ3) is 4.92. The van der Waals surface area contributed by atoms with E-state index >= 15 is 0 Å². The third-order valence-corrected chi connectivity index (χ3v) is 4.35. The smallest absolute Gasteiger partial charge is 0.254 e. The van der Waals surface area contributed by atoms with Gasteiger partial charge in [0.2, 0.25) is 5.95 Å². The van der Waals surface area contributed by atoms with Gasteiger partial charge in [-0.2, -0.15) is 0 Å². The number of nitrogens with one attached hydrogen (secondary N) is 2. The quantitative estimate of drug-likeness (QED) is 0.743. The molecule has 7 heteroatoms. The van der Waals surface area contributed by atoms with Crippen molar-refractivity contribution in [2.24, 2.45) is 0 Å². The summed E-state index contributed by atoms with van der Waals surface area (Å²) in [7, 11) is 1.59. The molecule has 7 nitrogen and oxygen atoms in total. The second kappa shape index (κ2) is 9.15. The molecule has 0 atom stereocenters. The standard InChI is InChI=1S/C19H25N5O2/c1-26-12-9-20-18(25)15-13-21-19(22-14-15)23-16-5-7-17(8-6-16)24-10-3-2-4-11-24/h5-8,13-14H,2-4,9-12H2,1H3,(H,20,25)(H,21,22,23). The first kappa shape index (κ1) is 18.1. The molecule has 138 valence electrons. The van der Waals surface area contributed by atoms with Crippen LogP contribution in [0.2, 0.25) is 0 Å². The maximum Gasteiger partial charge on any atom is 0.254 e. The molecule has 1 fully saturated rings. The summed E-state index contributed by atoms with van der Waals surface area (Å²) in [6.07, 6.45) is 6.88. The zero-order chi connectivity index (χ0) is 18.2. The first-order valence-electron chi connectivity index (χ1n) is 8.97. The lowest BCUT2D eigenvalue weighted by Crippen LogP contribution is -2.29. The predicted octanol–water partition coefficient (Wildman–Crippen LogP) is 2.59. The molecule has 1 amide bonds. The van der Waals surface area contributed by atoms with Crippen LogP contribution in [0.4, 0.5) is 17.3 Å². The summed E-state index contributed by atoms with van der Waals surface area (Å²) >= 11 is 0. The molecule has 0 radical (unpaired) electrons. The zero-order valence-corrected chi connectivity index (χ0v) is 15.1. The zero-order valence-electron chi connectivity index (χ0n) is 15.1. The summed E-state index contributed by atoms with van der Waals surface area (Å²) in [5.74, 6) is 0.253. The summed E-state index contributed by atoms with van der Waals surface area (Å²) in [5, 5.41) is 5.90. The Morgan fingerprint density at radius 2 is 1.81 bits per heavy atom. The highest BCUT2D eigenvalue weighted by atomic mass is 16.5. The van der Waals surface area contributed by atoms with E-state index in [2.05, 4.69) is 37.6 Å². The van der Waals surface area contributed by atoms with Gasteiger partial charge >= 0.3 is 0 Å². The number of ether oxygens (including phenoxy) is 1. The van der Waals surface area contributed by atoms with Crippen LogP contribution in [-0.2, 0) is 4.74 Å². The maximum atomic E-state index is 11.9. The number of aromatic nitrogens is 2. The van der Waals surface area contributed by atoms with E-state index < -0.39 is 0 Å². The van der Waals surface area contributed by atoms with Gasteiger partial charge in [0.15, 0.2) is 0 Å². The molecule has 2 aromatic rings. The van der Waals surface area contributed by atoms with Crippen molar-refractivity contribution in [1.82, 2.24) is 15.3 Å². The molecule has 1 aliphatic rings. The van der Waals surface area contributed by atoms with Crippen LogP contribution in [0.15, 0.2) is 36.7 Å². The van der Waals surface area contributed by atoms with Gasteiger partial charge in [0, 0.05) is 50.5 Å². The molecule has 1 aromatic heterocycles. The molecule has 26 heavy (non-hydrogen) atoms. The minimum absolute atomic E-state index is 0.209. The molecular formula is C19H25N5O2. The van der Waals surface area contributed by atoms with E-state index in [1.807, 2.05) is 12.1 Å². The summed E-state index contributed by atoms with van der Waals surface area (Å²) < 4.78 is 4.90. The molecule has 1 aromatic carbocycles. The van der Waals surface area contributed by atoms with E-state index in [1.54, 1.807) is 7.11 Å². The molecular weight excluding hydrogens is 330 g/mol. The normalized spacial score (nSPS) is 14.1. The van der Waals surface area contributed by atoms with Gasteiger partial charge in [0.05, 0.1) is 12.2 Å². The van der Waals surface area contributed by atoms with Gasteiger partial charge in [-0.05, 0) is 43.5 Å². The summed E-state index contributed by atoms with van der Waals surface area (Å²) in [6, 6.07) is 8.29. The van der Waals surface area contributed by atoms with Gasteiger partial charge in [0.1, 0.15) is 0 Å². The number of methoxy groups -OCH3 is 1. The largest absolute Gasteiger partial charge is 0.383 e. The Hall–Kier alpha value is -2.67. The Bertz CT molecular complexity index is 697. The van der Waals surface area contributed by atoms with E-state index in [4.69, 9.17) is 4.74 Å². The first-order chi connectivity index (χ1) is 12.8. The van der Waals surface area contributed by atoms with Crippen LogP contribution in [-0.4, -0.2) is 49.2 Å². The van der Waals surface area contributed by atoms with E-state index in [0.717, 1.165) is 18.8 Å². The maximum absolute atomic E-state index is 11.9. The number of hydrogen-bond acceptors (Lipinski definition) is 6. The number of piperidine rings is 1. The topological polar surface area (TPSA) is 79.4 Å². The van der Waals surface area contributed by atoms with Crippen molar-refractivity contribution in [3.63, 3.8) is 0 Å². The fraction of sp³-hybridized carbons (Fsp3) is 0.421. The summed E-state index contributed by atoms with van der Waals surface area (Å²) in [5.41, 5.74) is 2.59. The van der Waals surface area contributed by atoms with Crippen molar-refractivity contribution < 1.29 is 9.53 Å². The van der Waals surface area contributed by atoms with Crippen molar-refractivity contribution in [3.8, 4) is 0 Å². The second-order valence-electron chi connectivity index (χ2n) is 6.26. The highest BCUT2D eigenvalue weighted by molar-refractivity contribution is 5.93. The Labute approximate surface area is 153 Å². The highest BCUT2D eigenvalue weighted by Gasteiger charge is 2.11. The number of rotatable bonds is 7. The molecule has 1 aliphatic heterocycles. The van der Waals surface area contributed by atoms with E-state index in [0.29, 0.717) is 24.7 Å². The Kier molecular flexibility index (Phi) is 6.38. The van der Waals surface area contributed by atoms with Gasteiger partial charge in [-0.25, -0.2) is 9.97 Å². The summed E-state index contributed by atoms with van der Waals surface area (Å²) in [6.45, 7) is 3.19. The Balaban J connectivity index is 1.56. The number of amides is 1. The average molecular weight is 355 g/mol. The minimum atomic E-state index is -0.209. The van der Waals surface area contributed by atoms with Crippen LogP contribution in [0.25, 0.3) is 0 Å². The van der Waals surface area contributed by atoms with Gasteiger partial charge in [-0.3, -0.25) is 4.79 Å². The molecule has 0 bridgehead atoms. The highest BCUT2D eigenvalue weighted by Crippen LogP contribution is 2.22. The fourth-order valence-electron chi connectivity index (χ4n) is 2.92. The summed E-state index contributed by atoms with van der Waals surface area (Å²) in [4.78, 5) is 22.7. The third-order valence-electron chi connectivity index (χ3n) is 4.35. The number of nitrogens with zero attached hydrogens (tertiary/aromatic N) is 3. The lowest BCUT2D eigenvalue weighted by Gasteiger charge is -2.28. The molecule has 0 saturated carbocycles. The van der Waals surface area contributed by atoms with Crippen molar-refractivity contribution in [2.75, 3.05) is 43.6 Å². The number of carbonyl (C=O) groups excluding carboxylic acids is 1. The molecule has 2 N–H and O–H groups in total. The van der Waals surface area contributed by atoms with Crippen molar-refractivity contribution in [3.05, 3.63) is 42.2 Å². The molecule has 3 rings (SSSR count). The van der Waals surface area contributed by atoms with Gasteiger partial charge in [0.25, 0.3) is 5.91 Å². The number of benzene rings is 1. The van der Waals surface area contributed by atoms with Crippen LogP contribution in [0.1, 0.15) is 29.6 Å². The van der Waals surface area contributed by atoms with Crippen LogP contribution in [0.3, 0.4) is 0 Å². The average Bonchev–Trinajstić information content (AvgIpc) is 2.70. The van der Waals surface area contributed by atoms with E-state index in [-0.39, 0.29) is 5.91 Å². The van der Waals surface area contributed by atoms with Gasteiger partial charge in [-0.15, -0.1) is 0 Å². The van der Waals surface area contributed by atoms with Crippen LogP contribution >= 0.6 is 0 Å².